The zero-order valence-corrected chi connectivity index (χ0v) is 8.56. The fourth-order valence-corrected chi connectivity index (χ4v) is 1.94. The highest BCUT2D eigenvalue weighted by molar-refractivity contribution is 7.13. The summed E-state index contributed by atoms with van der Waals surface area (Å²) in [7, 11) is 0. The minimum absolute atomic E-state index is 0.369. The highest BCUT2D eigenvalue weighted by Crippen LogP contribution is 2.22. The maximum atomic E-state index is 8.58. The number of aromatic amines is 1. The van der Waals surface area contributed by atoms with Crippen molar-refractivity contribution in [2.24, 2.45) is 0 Å². The summed E-state index contributed by atoms with van der Waals surface area (Å²) >= 11 is 1.64. The number of nitrogens with zero attached hydrogens (tertiary/aromatic N) is 2. The quantitative estimate of drug-likeness (QED) is 0.815. The average molecular weight is 203 g/mol. The standard InChI is InChI=1S/C10H9N3S/c1-7-8(4-5-11)13-10(12-7)9-3-2-6-14-9/h2-3,6H,4H2,1H3,(H,12,13). The Labute approximate surface area is 86.0 Å². The predicted molar refractivity (Wildman–Crippen MR) is 56.0 cm³/mol. The molecule has 14 heavy (non-hydrogen) atoms. The molecule has 1 N–H and O–H groups in total. The summed E-state index contributed by atoms with van der Waals surface area (Å²) in [5.41, 5.74) is 1.82. The third-order valence-corrected chi connectivity index (χ3v) is 2.86. The molecule has 0 aliphatic rings. The van der Waals surface area contributed by atoms with E-state index in [0.29, 0.717) is 6.42 Å². The summed E-state index contributed by atoms with van der Waals surface area (Å²) in [5.74, 6) is 0.864. The Morgan fingerprint density at radius 2 is 2.50 bits per heavy atom. The summed E-state index contributed by atoms with van der Waals surface area (Å²) in [6.45, 7) is 1.94. The molecule has 4 heteroatoms. The van der Waals surface area contributed by atoms with Gasteiger partial charge in [0.15, 0.2) is 0 Å². The summed E-state index contributed by atoms with van der Waals surface area (Å²) in [6.07, 6.45) is 0.369. The van der Waals surface area contributed by atoms with E-state index in [1.807, 2.05) is 24.4 Å². The van der Waals surface area contributed by atoms with Crippen LogP contribution in [-0.4, -0.2) is 9.97 Å². The van der Waals surface area contributed by atoms with E-state index in [0.717, 1.165) is 22.1 Å². The van der Waals surface area contributed by atoms with Gasteiger partial charge in [0.05, 0.1) is 23.1 Å². The van der Waals surface area contributed by atoms with Crippen LogP contribution in [0, 0.1) is 18.3 Å². The number of nitrogens with one attached hydrogen (secondary N) is 1. The van der Waals surface area contributed by atoms with Gasteiger partial charge < -0.3 is 4.98 Å². The highest BCUT2D eigenvalue weighted by atomic mass is 32.1. The molecule has 0 unspecified atom stereocenters. The molecule has 0 aliphatic carbocycles. The van der Waals surface area contributed by atoms with Crippen molar-refractivity contribution in [1.82, 2.24) is 9.97 Å². The number of hydrogen-bond donors (Lipinski definition) is 1. The second-order valence-corrected chi connectivity index (χ2v) is 3.92. The van der Waals surface area contributed by atoms with Gasteiger partial charge >= 0.3 is 0 Å². The zero-order chi connectivity index (χ0) is 9.97. The number of H-pyrrole nitrogens is 1. The van der Waals surface area contributed by atoms with Crippen molar-refractivity contribution in [2.45, 2.75) is 13.3 Å². The first-order chi connectivity index (χ1) is 6.81. The SMILES string of the molecule is Cc1[nH]c(-c2cccs2)nc1CC#N. The number of aromatic nitrogens is 2. The molecule has 0 fully saturated rings. The maximum Gasteiger partial charge on any atom is 0.147 e. The molecule has 3 nitrogen and oxygen atoms in total. The van der Waals surface area contributed by atoms with Crippen molar-refractivity contribution in [1.29, 1.82) is 5.26 Å². The Bertz CT molecular complexity index is 462. The van der Waals surface area contributed by atoms with E-state index in [9.17, 15) is 0 Å². The monoisotopic (exact) mass is 203 g/mol. The van der Waals surface area contributed by atoms with Crippen molar-refractivity contribution in [3.05, 3.63) is 28.9 Å². The van der Waals surface area contributed by atoms with Crippen LogP contribution in [-0.2, 0) is 6.42 Å². The Kier molecular flexibility index (Phi) is 2.33. The summed E-state index contributed by atoms with van der Waals surface area (Å²) in [4.78, 5) is 8.66. The predicted octanol–water partition coefficient (Wildman–Crippen LogP) is 2.51. The lowest BCUT2D eigenvalue weighted by atomic mass is 10.3. The number of imidazole rings is 1. The van der Waals surface area contributed by atoms with Crippen LogP contribution in [0.4, 0.5) is 0 Å². The topological polar surface area (TPSA) is 52.5 Å². The van der Waals surface area contributed by atoms with Crippen LogP contribution in [0.5, 0.6) is 0 Å². The molecule has 0 aromatic carbocycles. The van der Waals surface area contributed by atoms with E-state index >= 15 is 0 Å². The lowest BCUT2D eigenvalue weighted by molar-refractivity contribution is 1.12. The van der Waals surface area contributed by atoms with Gasteiger partial charge in [-0.2, -0.15) is 5.26 Å². The number of nitriles is 1. The van der Waals surface area contributed by atoms with E-state index < -0.39 is 0 Å². The molecule has 2 rings (SSSR count). The van der Waals surface area contributed by atoms with E-state index in [1.165, 1.54) is 0 Å². The zero-order valence-electron chi connectivity index (χ0n) is 7.74. The molecule has 2 aromatic heterocycles. The minimum Gasteiger partial charge on any atom is -0.341 e. The number of rotatable bonds is 2. The van der Waals surface area contributed by atoms with Crippen molar-refractivity contribution >= 4 is 11.3 Å². The molecule has 2 heterocycles. The van der Waals surface area contributed by atoms with Gasteiger partial charge in [-0.05, 0) is 18.4 Å². The smallest absolute Gasteiger partial charge is 0.147 e. The number of aryl methyl sites for hydroxylation is 1. The Morgan fingerprint density at radius 3 is 3.14 bits per heavy atom. The lowest BCUT2D eigenvalue weighted by Crippen LogP contribution is -1.83. The van der Waals surface area contributed by atoms with Crippen LogP contribution in [0.1, 0.15) is 11.4 Å². The van der Waals surface area contributed by atoms with Crippen LogP contribution in [0.2, 0.25) is 0 Å². The van der Waals surface area contributed by atoms with Gasteiger partial charge in [-0.25, -0.2) is 4.98 Å². The van der Waals surface area contributed by atoms with E-state index in [1.54, 1.807) is 11.3 Å². The van der Waals surface area contributed by atoms with Crippen LogP contribution in [0.3, 0.4) is 0 Å². The van der Waals surface area contributed by atoms with Crippen LogP contribution in [0.25, 0.3) is 10.7 Å². The molecule has 0 saturated heterocycles. The highest BCUT2D eigenvalue weighted by Gasteiger charge is 2.08. The largest absolute Gasteiger partial charge is 0.341 e. The minimum atomic E-state index is 0.369. The van der Waals surface area contributed by atoms with Gasteiger partial charge in [0.2, 0.25) is 0 Å². The summed E-state index contributed by atoms with van der Waals surface area (Å²) in [5, 5.41) is 10.6. The molecule has 2 aromatic rings. The van der Waals surface area contributed by atoms with Crippen LogP contribution in [0.15, 0.2) is 17.5 Å². The Balaban J connectivity index is 2.39. The van der Waals surface area contributed by atoms with Crippen molar-refractivity contribution in [3.8, 4) is 16.8 Å². The second-order valence-electron chi connectivity index (χ2n) is 2.97. The van der Waals surface area contributed by atoms with E-state index in [2.05, 4.69) is 16.0 Å². The first-order valence-electron chi connectivity index (χ1n) is 4.27. The van der Waals surface area contributed by atoms with Crippen LogP contribution >= 0.6 is 11.3 Å². The molecule has 0 atom stereocenters. The molecule has 0 bridgehead atoms. The molecule has 70 valence electrons. The van der Waals surface area contributed by atoms with Crippen molar-refractivity contribution in [3.63, 3.8) is 0 Å². The van der Waals surface area contributed by atoms with Crippen molar-refractivity contribution in [2.75, 3.05) is 0 Å². The first kappa shape index (κ1) is 8.97. The Morgan fingerprint density at radius 1 is 1.64 bits per heavy atom. The molecule has 0 spiro atoms. The second kappa shape index (κ2) is 3.64. The first-order valence-corrected chi connectivity index (χ1v) is 5.15. The lowest BCUT2D eigenvalue weighted by Gasteiger charge is -1.86. The van der Waals surface area contributed by atoms with E-state index in [4.69, 9.17) is 5.26 Å². The molecule has 0 aliphatic heterocycles. The fourth-order valence-electron chi connectivity index (χ4n) is 1.27. The third-order valence-electron chi connectivity index (χ3n) is 1.99. The van der Waals surface area contributed by atoms with Gasteiger partial charge in [0.25, 0.3) is 0 Å². The van der Waals surface area contributed by atoms with Gasteiger partial charge in [0.1, 0.15) is 5.82 Å². The molecular weight excluding hydrogens is 194 g/mol. The Hall–Kier alpha value is -1.60. The van der Waals surface area contributed by atoms with Gasteiger partial charge in [-0.3, -0.25) is 0 Å². The third kappa shape index (κ3) is 1.54. The molecule has 0 saturated carbocycles. The summed E-state index contributed by atoms with van der Waals surface area (Å²) in [6, 6.07) is 6.11. The molecular formula is C10H9N3S. The fraction of sp³-hybridized carbons (Fsp3) is 0.200. The maximum absolute atomic E-state index is 8.58. The van der Waals surface area contributed by atoms with Crippen LogP contribution < -0.4 is 0 Å². The molecule has 0 amide bonds. The summed E-state index contributed by atoms with van der Waals surface area (Å²) < 4.78 is 0. The van der Waals surface area contributed by atoms with E-state index in [-0.39, 0.29) is 0 Å². The van der Waals surface area contributed by atoms with Crippen molar-refractivity contribution < 1.29 is 0 Å². The normalized spacial score (nSPS) is 10.0. The number of hydrogen-bond acceptors (Lipinski definition) is 3. The number of thiophene rings is 1. The van der Waals surface area contributed by atoms with Gasteiger partial charge in [-0.1, -0.05) is 6.07 Å². The van der Waals surface area contributed by atoms with Gasteiger partial charge in [-0.15, -0.1) is 11.3 Å². The average Bonchev–Trinajstić information content (AvgIpc) is 2.76. The van der Waals surface area contributed by atoms with Gasteiger partial charge in [0, 0.05) is 5.69 Å². The molecule has 0 radical (unpaired) electrons.